The zero-order valence-corrected chi connectivity index (χ0v) is 12.5. The fourth-order valence-electron chi connectivity index (χ4n) is 3.35. The topological polar surface area (TPSA) is 59.0 Å². The van der Waals surface area contributed by atoms with Crippen LogP contribution in [0.2, 0.25) is 0 Å². The number of benzene rings is 1. The number of carbonyl (C=O) groups excluding carboxylic acids is 1. The van der Waals surface area contributed by atoms with Gasteiger partial charge in [0, 0.05) is 12.1 Å². The van der Waals surface area contributed by atoms with Crippen LogP contribution in [0, 0.1) is 11.7 Å². The highest BCUT2D eigenvalue weighted by molar-refractivity contribution is 5.72. The zero-order valence-electron chi connectivity index (χ0n) is 12.5. The van der Waals surface area contributed by atoms with Gasteiger partial charge in [0.2, 0.25) is 0 Å². The first-order chi connectivity index (χ1) is 10.6. The van der Waals surface area contributed by atoms with Crippen LogP contribution in [0.5, 0.6) is 5.75 Å². The Bertz CT molecular complexity index is 565. The third kappa shape index (κ3) is 2.68. The van der Waals surface area contributed by atoms with Crippen molar-refractivity contribution in [1.82, 2.24) is 4.90 Å². The number of aliphatic hydroxyl groups excluding tert-OH is 1. The second-order valence-corrected chi connectivity index (χ2v) is 5.84. The molecule has 0 amide bonds. The van der Waals surface area contributed by atoms with Crippen molar-refractivity contribution >= 4 is 5.97 Å². The number of esters is 1. The maximum absolute atomic E-state index is 13.7. The quantitative estimate of drug-likeness (QED) is 0.839. The second kappa shape index (κ2) is 6.22. The van der Waals surface area contributed by atoms with Gasteiger partial charge in [-0.05, 0) is 25.5 Å². The molecule has 1 aromatic rings. The average Bonchev–Trinajstić information content (AvgIpc) is 2.55. The first kappa shape index (κ1) is 15.2. The monoisotopic (exact) mass is 309 g/mol. The predicted molar refractivity (Wildman–Crippen MR) is 77.0 cm³/mol. The standard InChI is InChI=1S/C16H20FNO4/c1-21-16(20)10-4-3-7-18(8-10)13-9-22-15-11(14(13)19)5-2-6-12(15)17/h2,5-6,10,13-14,19H,3-4,7-9H2,1H3. The predicted octanol–water partition coefficient (Wildman–Crippen LogP) is 1.51. The molecule has 1 fully saturated rings. The maximum atomic E-state index is 13.7. The SMILES string of the molecule is COC(=O)C1CCCN(C2COc3c(F)cccc3C2O)C1. The summed E-state index contributed by atoms with van der Waals surface area (Å²) in [5.74, 6) is -0.726. The summed E-state index contributed by atoms with van der Waals surface area (Å²) in [7, 11) is 1.39. The molecule has 1 aromatic carbocycles. The number of hydrogen-bond donors (Lipinski definition) is 1. The highest BCUT2D eigenvalue weighted by Gasteiger charge is 2.38. The van der Waals surface area contributed by atoms with Crippen LogP contribution < -0.4 is 4.74 Å². The number of hydrogen-bond acceptors (Lipinski definition) is 5. The molecule has 22 heavy (non-hydrogen) atoms. The number of aliphatic hydroxyl groups is 1. The normalized spacial score (nSPS) is 28.6. The minimum absolute atomic E-state index is 0.132. The number of rotatable bonds is 2. The van der Waals surface area contributed by atoms with Gasteiger partial charge in [-0.15, -0.1) is 0 Å². The van der Waals surface area contributed by atoms with Gasteiger partial charge >= 0.3 is 5.97 Å². The fourth-order valence-corrected chi connectivity index (χ4v) is 3.35. The Kier molecular flexibility index (Phi) is 4.31. The van der Waals surface area contributed by atoms with Crippen molar-refractivity contribution in [2.24, 2.45) is 5.92 Å². The number of ether oxygens (including phenoxy) is 2. The molecule has 1 saturated heterocycles. The molecule has 0 saturated carbocycles. The van der Waals surface area contributed by atoms with Crippen molar-refractivity contribution in [1.29, 1.82) is 0 Å². The molecule has 1 N–H and O–H groups in total. The van der Waals surface area contributed by atoms with E-state index in [1.807, 2.05) is 4.90 Å². The lowest BCUT2D eigenvalue weighted by molar-refractivity contribution is -0.148. The highest BCUT2D eigenvalue weighted by atomic mass is 19.1. The largest absolute Gasteiger partial charge is 0.488 e. The number of methoxy groups -OCH3 is 1. The van der Waals surface area contributed by atoms with Crippen LogP contribution in [-0.4, -0.2) is 48.8 Å². The summed E-state index contributed by atoms with van der Waals surface area (Å²) < 4.78 is 24.1. The van der Waals surface area contributed by atoms with Crippen LogP contribution >= 0.6 is 0 Å². The zero-order chi connectivity index (χ0) is 15.7. The molecule has 0 spiro atoms. The van der Waals surface area contributed by atoms with E-state index in [0.717, 1.165) is 19.4 Å². The Morgan fingerprint density at radius 2 is 2.32 bits per heavy atom. The van der Waals surface area contributed by atoms with Crippen LogP contribution in [0.3, 0.4) is 0 Å². The molecule has 0 radical (unpaired) electrons. The minimum atomic E-state index is -0.823. The van der Waals surface area contributed by atoms with Crippen molar-refractivity contribution in [3.63, 3.8) is 0 Å². The van der Waals surface area contributed by atoms with E-state index >= 15 is 0 Å². The Morgan fingerprint density at radius 3 is 3.09 bits per heavy atom. The summed E-state index contributed by atoms with van der Waals surface area (Å²) in [6.45, 7) is 1.52. The number of halogens is 1. The van der Waals surface area contributed by atoms with Gasteiger partial charge in [0.05, 0.1) is 19.1 Å². The lowest BCUT2D eigenvalue weighted by Crippen LogP contribution is -2.51. The van der Waals surface area contributed by atoms with Crippen LogP contribution in [0.15, 0.2) is 18.2 Å². The molecule has 120 valence electrons. The summed E-state index contributed by atoms with van der Waals surface area (Å²) in [6.07, 6.45) is 0.827. The smallest absolute Gasteiger partial charge is 0.309 e. The number of nitrogens with zero attached hydrogens (tertiary/aromatic N) is 1. The Labute approximate surface area is 128 Å². The highest BCUT2D eigenvalue weighted by Crippen LogP contribution is 2.37. The van der Waals surface area contributed by atoms with Crippen LogP contribution in [0.1, 0.15) is 24.5 Å². The summed E-state index contributed by atoms with van der Waals surface area (Å²) >= 11 is 0. The molecule has 6 heteroatoms. The van der Waals surface area contributed by atoms with Gasteiger partial charge in [0.25, 0.3) is 0 Å². The van der Waals surface area contributed by atoms with Crippen molar-refractivity contribution in [3.8, 4) is 5.75 Å². The van der Waals surface area contributed by atoms with E-state index in [0.29, 0.717) is 12.1 Å². The molecule has 0 aromatic heterocycles. The van der Waals surface area contributed by atoms with Gasteiger partial charge in [0.1, 0.15) is 12.7 Å². The molecule has 3 unspecified atom stereocenters. The maximum Gasteiger partial charge on any atom is 0.309 e. The number of carbonyl (C=O) groups is 1. The molecule has 2 heterocycles. The van der Waals surface area contributed by atoms with Gasteiger partial charge in [-0.1, -0.05) is 12.1 Å². The summed E-state index contributed by atoms with van der Waals surface area (Å²) in [5.41, 5.74) is 0.469. The Balaban J connectivity index is 1.77. The summed E-state index contributed by atoms with van der Waals surface area (Å²) in [5, 5.41) is 10.6. The first-order valence-electron chi connectivity index (χ1n) is 7.53. The van der Waals surface area contributed by atoms with Gasteiger partial charge in [0.15, 0.2) is 11.6 Å². The summed E-state index contributed by atoms with van der Waals surface area (Å²) in [6, 6.07) is 4.29. The second-order valence-electron chi connectivity index (χ2n) is 5.84. The molecule has 2 aliphatic heterocycles. The van der Waals surface area contributed by atoms with E-state index in [-0.39, 0.29) is 30.3 Å². The van der Waals surface area contributed by atoms with E-state index in [2.05, 4.69) is 0 Å². The lowest BCUT2D eigenvalue weighted by Gasteiger charge is -2.41. The van der Waals surface area contributed by atoms with Gasteiger partial charge in [-0.3, -0.25) is 9.69 Å². The van der Waals surface area contributed by atoms with Crippen molar-refractivity contribution in [3.05, 3.63) is 29.6 Å². The van der Waals surface area contributed by atoms with E-state index in [1.54, 1.807) is 12.1 Å². The van der Waals surface area contributed by atoms with Gasteiger partial charge in [-0.25, -0.2) is 4.39 Å². The van der Waals surface area contributed by atoms with E-state index < -0.39 is 11.9 Å². The van der Waals surface area contributed by atoms with Crippen LogP contribution in [0.4, 0.5) is 4.39 Å². The third-order valence-electron chi connectivity index (χ3n) is 4.54. The van der Waals surface area contributed by atoms with E-state index in [1.165, 1.54) is 13.2 Å². The van der Waals surface area contributed by atoms with Gasteiger partial charge in [-0.2, -0.15) is 0 Å². The summed E-state index contributed by atoms with van der Waals surface area (Å²) in [4.78, 5) is 13.8. The average molecular weight is 309 g/mol. The minimum Gasteiger partial charge on any atom is -0.488 e. The Morgan fingerprint density at radius 1 is 1.50 bits per heavy atom. The number of para-hydroxylation sites is 1. The van der Waals surface area contributed by atoms with Gasteiger partial charge < -0.3 is 14.6 Å². The van der Waals surface area contributed by atoms with Crippen LogP contribution in [0.25, 0.3) is 0 Å². The molecule has 0 aliphatic carbocycles. The fraction of sp³-hybridized carbons (Fsp3) is 0.562. The molecule has 3 atom stereocenters. The molecular weight excluding hydrogens is 289 g/mol. The van der Waals surface area contributed by atoms with Crippen LogP contribution in [-0.2, 0) is 9.53 Å². The van der Waals surface area contributed by atoms with E-state index in [4.69, 9.17) is 9.47 Å². The van der Waals surface area contributed by atoms with Crippen molar-refractivity contribution in [2.75, 3.05) is 26.8 Å². The molecule has 0 bridgehead atoms. The molecule has 2 aliphatic rings. The molecular formula is C16H20FNO4. The Hall–Kier alpha value is -1.66. The number of fused-ring (bicyclic) bond motifs is 1. The number of likely N-dealkylation sites (tertiary alicyclic amines) is 1. The molecule has 5 nitrogen and oxygen atoms in total. The molecule has 3 rings (SSSR count). The van der Waals surface area contributed by atoms with E-state index in [9.17, 15) is 14.3 Å². The van der Waals surface area contributed by atoms with Crippen molar-refractivity contribution < 1.29 is 23.8 Å². The third-order valence-corrected chi connectivity index (χ3v) is 4.54. The van der Waals surface area contributed by atoms with Crippen molar-refractivity contribution in [2.45, 2.75) is 25.0 Å². The lowest BCUT2D eigenvalue weighted by atomic mass is 9.92. The first-order valence-corrected chi connectivity index (χ1v) is 7.53. The number of piperidine rings is 1.